The molecule has 4 rings (SSSR count). The van der Waals surface area contributed by atoms with E-state index in [0.717, 1.165) is 31.9 Å². The zero-order chi connectivity index (χ0) is 19.2. The molecule has 0 bridgehead atoms. The summed E-state index contributed by atoms with van der Waals surface area (Å²) in [6.07, 6.45) is 2.57. The Labute approximate surface area is 150 Å². The second kappa shape index (κ2) is 6.32. The number of carbonyl (C=O) groups excluding carboxylic acids is 1. The van der Waals surface area contributed by atoms with Crippen LogP contribution < -0.4 is 11.0 Å². The quantitative estimate of drug-likeness (QED) is 0.735. The average molecular weight is 380 g/mol. The molecule has 0 unspecified atom stereocenters. The van der Waals surface area contributed by atoms with Crippen LogP contribution in [0.25, 0.3) is 16.7 Å². The Morgan fingerprint density at radius 3 is 2.67 bits per heavy atom. The molecule has 0 aliphatic heterocycles. The SMILES string of the molecule is O=C(Nn1ccc2c(cnc3nc(C4CCCCC4)nn32)c1=O)C(F)(F)F. The van der Waals surface area contributed by atoms with Crippen molar-refractivity contribution in [2.45, 2.75) is 44.2 Å². The molecule has 11 heteroatoms. The third-order valence-corrected chi connectivity index (χ3v) is 4.70. The maximum Gasteiger partial charge on any atom is 0.472 e. The average Bonchev–Trinajstić information content (AvgIpc) is 3.08. The normalized spacial score (nSPS) is 16.1. The summed E-state index contributed by atoms with van der Waals surface area (Å²) >= 11 is 0. The van der Waals surface area contributed by atoms with E-state index >= 15 is 0 Å². The van der Waals surface area contributed by atoms with Gasteiger partial charge in [0.05, 0.1) is 10.9 Å². The van der Waals surface area contributed by atoms with Crippen LogP contribution in [-0.4, -0.2) is 36.3 Å². The Balaban J connectivity index is 1.76. The second-order valence-electron chi connectivity index (χ2n) is 6.50. The summed E-state index contributed by atoms with van der Waals surface area (Å²) in [6, 6.07) is 1.39. The van der Waals surface area contributed by atoms with Crippen LogP contribution >= 0.6 is 0 Å². The van der Waals surface area contributed by atoms with Gasteiger partial charge in [-0.1, -0.05) is 19.3 Å². The molecule has 0 spiro atoms. The minimum absolute atomic E-state index is 0.0209. The number of carbonyl (C=O) groups is 1. The number of amides is 1. The number of rotatable bonds is 2. The van der Waals surface area contributed by atoms with Gasteiger partial charge in [0.1, 0.15) is 0 Å². The molecule has 1 fully saturated rings. The zero-order valence-electron chi connectivity index (χ0n) is 14.0. The smallest absolute Gasteiger partial charge is 0.267 e. The largest absolute Gasteiger partial charge is 0.472 e. The van der Waals surface area contributed by atoms with E-state index in [2.05, 4.69) is 15.1 Å². The number of alkyl halides is 3. The Morgan fingerprint density at radius 2 is 1.96 bits per heavy atom. The van der Waals surface area contributed by atoms with Crippen LogP contribution in [0.1, 0.15) is 43.8 Å². The summed E-state index contributed by atoms with van der Waals surface area (Å²) in [6.45, 7) is 0. The highest BCUT2D eigenvalue weighted by molar-refractivity contribution is 5.89. The standard InChI is InChI=1S/C16H15F3N6O2/c17-16(18,19)14(27)23-24-7-6-11-10(13(24)26)8-20-15-21-12(22-25(11)15)9-4-2-1-3-5-9/h6-9H,1-5H2,(H,23,27). The fraction of sp³-hybridized carbons (Fsp3) is 0.438. The van der Waals surface area contributed by atoms with E-state index in [0.29, 0.717) is 21.8 Å². The van der Waals surface area contributed by atoms with E-state index in [1.807, 2.05) is 0 Å². The van der Waals surface area contributed by atoms with Crippen LogP contribution in [0.3, 0.4) is 0 Å². The highest BCUT2D eigenvalue weighted by atomic mass is 19.4. The number of pyridine rings is 1. The topological polar surface area (TPSA) is 94.2 Å². The van der Waals surface area contributed by atoms with Crippen molar-refractivity contribution < 1.29 is 18.0 Å². The van der Waals surface area contributed by atoms with Crippen molar-refractivity contribution >= 4 is 22.6 Å². The first-order chi connectivity index (χ1) is 12.8. The highest BCUT2D eigenvalue weighted by Gasteiger charge is 2.39. The minimum atomic E-state index is -5.10. The van der Waals surface area contributed by atoms with E-state index in [4.69, 9.17) is 0 Å². The van der Waals surface area contributed by atoms with Gasteiger partial charge in [0.15, 0.2) is 5.82 Å². The molecule has 1 aliphatic carbocycles. The number of halogens is 3. The first kappa shape index (κ1) is 17.4. The third-order valence-electron chi connectivity index (χ3n) is 4.70. The molecule has 0 aromatic carbocycles. The van der Waals surface area contributed by atoms with Crippen LogP contribution in [-0.2, 0) is 4.79 Å². The predicted octanol–water partition coefficient (Wildman–Crippen LogP) is 2.12. The molecule has 8 nitrogen and oxygen atoms in total. The van der Waals surface area contributed by atoms with Gasteiger partial charge in [0.2, 0.25) is 0 Å². The Bertz CT molecular complexity index is 1080. The lowest BCUT2D eigenvalue weighted by Gasteiger charge is -2.17. The lowest BCUT2D eigenvalue weighted by molar-refractivity contribution is -0.168. The van der Waals surface area contributed by atoms with Crippen LogP contribution in [0.5, 0.6) is 0 Å². The molecule has 1 saturated carbocycles. The van der Waals surface area contributed by atoms with Crippen LogP contribution in [0.4, 0.5) is 13.2 Å². The third kappa shape index (κ3) is 3.13. The van der Waals surface area contributed by atoms with Gasteiger partial charge < -0.3 is 0 Å². The van der Waals surface area contributed by atoms with Gasteiger partial charge in [-0.05, 0) is 18.9 Å². The highest BCUT2D eigenvalue weighted by Crippen LogP contribution is 2.31. The molecular weight excluding hydrogens is 365 g/mol. The molecule has 3 aromatic rings. The first-order valence-corrected chi connectivity index (χ1v) is 8.50. The fourth-order valence-corrected chi connectivity index (χ4v) is 3.33. The Morgan fingerprint density at radius 1 is 1.22 bits per heavy atom. The van der Waals surface area contributed by atoms with Crippen LogP contribution in [0.2, 0.25) is 0 Å². The first-order valence-electron chi connectivity index (χ1n) is 8.50. The number of nitrogens with one attached hydrogen (secondary N) is 1. The van der Waals surface area contributed by atoms with E-state index in [9.17, 15) is 22.8 Å². The summed E-state index contributed by atoms with van der Waals surface area (Å²) < 4.78 is 39.1. The number of hydrogen-bond acceptors (Lipinski definition) is 5. The van der Waals surface area contributed by atoms with E-state index < -0.39 is 17.6 Å². The summed E-state index contributed by atoms with van der Waals surface area (Å²) in [7, 11) is 0. The molecule has 3 heterocycles. The zero-order valence-corrected chi connectivity index (χ0v) is 14.0. The van der Waals surface area contributed by atoms with Crippen molar-refractivity contribution in [2.24, 2.45) is 0 Å². The van der Waals surface area contributed by atoms with Crippen molar-refractivity contribution in [1.82, 2.24) is 24.3 Å². The lowest BCUT2D eigenvalue weighted by atomic mass is 9.89. The molecule has 1 aliphatic rings. The minimum Gasteiger partial charge on any atom is -0.267 e. The predicted molar refractivity (Wildman–Crippen MR) is 88.8 cm³/mol. The molecule has 3 aromatic heterocycles. The number of hydrogen-bond donors (Lipinski definition) is 1. The van der Waals surface area contributed by atoms with Gasteiger partial charge >= 0.3 is 12.1 Å². The molecule has 142 valence electrons. The van der Waals surface area contributed by atoms with Crippen LogP contribution in [0.15, 0.2) is 23.3 Å². The molecule has 1 amide bonds. The number of nitrogens with zero attached hydrogens (tertiary/aromatic N) is 5. The van der Waals surface area contributed by atoms with Crippen molar-refractivity contribution in [3.8, 4) is 0 Å². The van der Waals surface area contributed by atoms with Gasteiger partial charge in [-0.25, -0.2) is 9.66 Å². The molecule has 0 atom stereocenters. The van der Waals surface area contributed by atoms with Crippen molar-refractivity contribution in [3.63, 3.8) is 0 Å². The van der Waals surface area contributed by atoms with Crippen molar-refractivity contribution in [3.05, 3.63) is 34.6 Å². The van der Waals surface area contributed by atoms with Gasteiger partial charge in [-0.2, -0.15) is 22.7 Å². The van der Waals surface area contributed by atoms with Gasteiger partial charge in [-0.15, -0.1) is 5.10 Å². The summed E-state index contributed by atoms with van der Waals surface area (Å²) in [5.74, 6) is -1.02. The summed E-state index contributed by atoms with van der Waals surface area (Å²) in [5.41, 5.74) is 1.03. The molecule has 0 saturated heterocycles. The molecule has 27 heavy (non-hydrogen) atoms. The van der Waals surface area contributed by atoms with Gasteiger partial charge in [-0.3, -0.25) is 15.0 Å². The molecular formula is C16H15F3N6O2. The summed E-state index contributed by atoms with van der Waals surface area (Å²) in [5, 5.41) is 4.48. The van der Waals surface area contributed by atoms with E-state index in [1.54, 1.807) is 0 Å². The van der Waals surface area contributed by atoms with Crippen molar-refractivity contribution in [1.29, 1.82) is 0 Å². The molecule has 1 N–H and O–H groups in total. The molecule has 0 radical (unpaired) electrons. The number of aromatic nitrogens is 5. The second-order valence-corrected chi connectivity index (χ2v) is 6.50. The van der Waals surface area contributed by atoms with Gasteiger partial charge in [0, 0.05) is 18.3 Å². The lowest BCUT2D eigenvalue weighted by Crippen LogP contribution is -2.40. The number of fused-ring (bicyclic) bond motifs is 3. The van der Waals surface area contributed by atoms with Crippen LogP contribution in [0, 0.1) is 0 Å². The monoisotopic (exact) mass is 380 g/mol. The Hall–Kier alpha value is -2.98. The maximum absolute atomic E-state index is 12.4. The maximum atomic E-state index is 12.4. The summed E-state index contributed by atoms with van der Waals surface area (Å²) in [4.78, 5) is 32.0. The fourth-order valence-electron chi connectivity index (χ4n) is 3.33. The Kier molecular flexibility index (Phi) is 4.08. The van der Waals surface area contributed by atoms with Gasteiger partial charge in [0.25, 0.3) is 11.3 Å². The van der Waals surface area contributed by atoms with E-state index in [1.165, 1.54) is 28.6 Å². The van der Waals surface area contributed by atoms with Crippen molar-refractivity contribution in [2.75, 3.05) is 5.43 Å². The van der Waals surface area contributed by atoms with E-state index in [-0.39, 0.29) is 11.3 Å².